The number of quaternary nitrogens is 1. The highest BCUT2D eigenvalue weighted by Crippen LogP contribution is 2.69. The van der Waals surface area contributed by atoms with Gasteiger partial charge < -0.3 is 14.1 Å². The van der Waals surface area contributed by atoms with Crippen molar-refractivity contribution in [1.82, 2.24) is 4.90 Å². The van der Waals surface area contributed by atoms with Crippen molar-refractivity contribution in [1.29, 1.82) is 0 Å². The molecule has 1 aromatic carbocycles. The normalized spacial score (nSPS) is 38.2. The van der Waals surface area contributed by atoms with E-state index >= 15 is 0 Å². The number of likely N-dealkylation sites (tertiary alicyclic amines) is 1. The van der Waals surface area contributed by atoms with E-state index in [1.807, 2.05) is 25.1 Å². The van der Waals surface area contributed by atoms with E-state index in [0.717, 1.165) is 42.6 Å². The van der Waals surface area contributed by atoms with Crippen molar-refractivity contribution < 1.29 is 23.8 Å². The zero-order chi connectivity index (χ0) is 23.2. The standard InChI is InChI=1S/C27H33N2O4/c1-17-5-7-19-15-21-26(2)11-9-20(28(3)22(30)8-6-18-10-14-32-16-18)25-27(26,12-13-29(21,4)31)23(19)24(17)33-25/h5-8,10,14,16,20-21,25,31H,9,11-13,15H2,1-4H3/q+1/b8-6+/t20-,21+,25+,26+,27+,29?/m1/s1. The minimum Gasteiger partial charge on any atom is -0.487 e. The molecule has 174 valence electrons. The van der Waals surface area contributed by atoms with E-state index in [0.29, 0.717) is 6.54 Å². The van der Waals surface area contributed by atoms with E-state index in [1.165, 1.54) is 11.1 Å². The Morgan fingerprint density at radius 3 is 2.88 bits per heavy atom. The van der Waals surface area contributed by atoms with Crippen LogP contribution in [0.25, 0.3) is 6.08 Å². The van der Waals surface area contributed by atoms with Crippen LogP contribution in [0.5, 0.6) is 5.75 Å². The van der Waals surface area contributed by atoms with Gasteiger partial charge in [0.05, 0.1) is 31.0 Å². The Morgan fingerprint density at radius 2 is 2.12 bits per heavy atom. The first kappa shape index (κ1) is 21.0. The van der Waals surface area contributed by atoms with Crippen LogP contribution in [0.1, 0.15) is 48.4 Å². The maximum Gasteiger partial charge on any atom is 0.246 e. The van der Waals surface area contributed by atoms with E-state index in [9.17, 15) is 10.0 Å². The second kappa shape index (κ2) is 6.73. The van der Waals surface area contributed by atoms with Gasteiger partial charge >= 0.3 is 0 Å². The summed E-state index contributed by atoms with van der Waals surface area (Å²) in [5, 5.41) is 11.4. The molecule has 1 amide bonds. The fourth-order valence-electron chi connectivity index (χ4n) is 7.78. The van der Waals surface area contributed by atoms with Crippen LogP contribution < -0.4 is 4.74 Å². The smallest absolute Gasteiger partial charge is 0.246 e. The van der Waals surface area contributed by atoms with Crippen molar-refractivity contribution >= 4 is 12.0 Å². The average Bonchev–Trinajstić information content (AvgIpc) is 3.42. The summed E-state index contributed by atoms with van der Waals surface area (Å²) in [4.78, 5) is 15.1. The summed E-state index contributed by atoms with van der Waals surface area (Å²) in [6, 6.07) is 6.34. The SMILES string of the molecule is Cc1ccc2c3c1O[C@H]1[C@H](N(C)C(=O)/C=C/c4ccoc4)CC[C@@]4(C)[C@H](C2)[N+](C)(O)CC[C@]314. The lowest BCUT2D eigenvalue weighted by atomic mass is 9.43. The molecular formula is C27H33N2O4+. The molecule has 0 radical (unpaired) electrons. The first-order chi connectivity index (χ1) is 15.7. The highest BCUT2D eigenvalue weighted by atomic mass is 16.5. The molecule has 6 rings (SSSR count). The van der Waals surface area contributed by atoms with Gasteiger partial charge in [0.1, 0.15) is 24.4 Å². The molecule has 1 N–H and O–H groups in total. The second-order valence-electron chi connectivity index (χ2n) is 11.0. The molecule has 6 heteroatoms. The predicted octanol–water partition coefficient (Wildman–Crippen LogP) is 4.09. The van der Waals surface area contributed by atoms with Crippen molar-refractivity contribution in [3.63, 3.8) is 0 Å². The van der Waals surface area contributed by atoms with Crippen LogP contribution in [0.2, 0.25) is 0 Å². The molecule has 3 heterocycles. The van der Waals surface area contributed by atoms with E-state index < -0.39 is 0 Å². The third-order valence-electron chi connectivity index (χ3n) is 9.53. The van der Waals surface area contributed by atoms with Crippen LogP contribution in [0, 0.1) is 12.3 Å². The minimum absolute atomic E-state index is 0.0199. The Morgan fingerprint density at radius 1 is 1.30 bits per heavy atom. The number of carbonyl (C=O) groups is 1. The molecule has 1 saturated carbocycles. The molecule has 33 heavy (non-hydrogen) atoms. The number of hydrogen-bond acceptors (Lipinski definition) is 4. The van der Waals surface area contributed by atoms with Gasteiger partial charge in [-0.15, -0.1) is 0 Å². The zero-order valence-corrected chi connectivity index (χ0v) is 19.9. The molecule has 1 spiro atoms. The number of nitrogens with zero attached hydrogens (tertiary/aromatic N) is 2. The number of ether oxygens (including phenoxy) is 1. The topological polar surface area (TPSA) is 62.9 Å². The summed E-state index contributed by atoms with van der Waals surface area (Å²) < 4.78 is 12.0. The third kappa shape index (κ3) is 2.59. The van der Waals surface area contributed by atoms with E-state index in [4.69, 9.17) is 9.15 Å². The zero-order valence-electron chi connectivity index (χ0n) is 19.9. The summed E-state index contributed by atoms with van der Waals surface area (Å²) in [6.45, 7) is 5.20. The molecule has 2 bridgehead atoms. The predicted molar refractivity (Wildman–Crippen MR) is 124 cm³/mol. The Bertz CT molecular complexity index is 1150. The number of aryl methyl sites for hydroxylation is 1. The Hall–Kier alpha value is -2.57. The van der Waals surface area contributed by atoms with Crippen molar-refractivity contribution in [2.24, 2.45) is 5.41 Å². The Kier molecular flexibility index (Phi) is 4.29. The lowest BCUT2D eigenvalue weighted by molar-refractivity contribution is -1.12. The van der Waals surface area contributed by atoms with Gasteiger partial charge in [0.2, 0.25) is 5.91 Å². The maximum atomic E-state index is 13.2. The van der Waals surface area contributed by atoms with Crippen molar-refractivity contribution in [2.45, 2.75) is 63.1 Å². The highest BCUT2D eigenvalue weighted by molar-refractivity contribution is 5.91. The molecule has 2 aromatic rings. The van der Waals surface area contributed by atoms with E-state index in [-0.39, 0.29) is 39.6 Å². The van der Waals surface area contributed by atoms with Crippen LogP contribution in [-0.4, -0.2) is 59.5 Å². The molecule has 2 aliphatic carbocycles. The lowest BCUT2D eigenvalue weighted by Crippen LogP contribution is -2.76. The van der Waals surface area contributed by atoms with E-state index in [2.05, 4.69) is 26.0 Å². The summed E-state index contributed by atoms with van der Waals surface area (Å²) in [5.41, 5.74) is 4.45. The number of furan rings is 1. The summed E-state index contributed by atoms with van der Waals surface area (Å²) in [5.74, 6) is 1.00. The van der Waals surface area contributed by atoms with E-state index in [1.54, 1.807) is 24.7 Å². The van der Waals surface area contributed by atoms with Gasteiger partial charge in [0, 0.05) is 42.5 Å². The molecule has 6 atom stereocenters. The molecular weight excluding hydrogens is 416 g/mol. The van der Waals surface area contributed by atoms with Gasteiger partial charge in [-0.2, -0.15) is 4.65 Å². The average molecular weight is 450 g/mol. The Labute approximate surface area is 195 Å². The second-order valence-corrected chi connectivity index (χ2v) is 11.0. The number of piperidine rings is 1. The lowest BCUT2D eigenvalue weighted by Gasteiger charge is -2.65. The minimum atomic E-state index is -0.182. The van der Waals surface area contributed by atoms with Gasteiger partial charge in [0.25, 0.3) is 0 Å². The fourth-order valence-corrected chi connectivity index (χ4v) is 7.78. The molecule has 4 aliphatic rings. The Balaban J connectivity index is 1.43. The maximum absolute atomic E-state index is 13.2. The van der Waals surface area contributed by atoms with Gasteiger partial charge in [-0.05, 0) is 43.0 Å². The highest BCUT2D eigenvalue weighted by Gasteiger charge is 2.75. The van der Waals surface area contributed by atoms with Gasteiger partial charge in [-0.25, -0.2) is 5.21 Å². The van der Waals surface area contributed by atoms with Gasteiger partial charge in [-0.1, -0.05) is 19.1 Å². The summed E-state index contributed by atoms with van der Waals surface area (Å²) in [7, 11) is 3.87. The first-order valence-corrected chi connectivity index (χ1v) is 12.0. The quantitative estimate of drug-likeness (QED) is 0.566. The molecule has 6 nitrogen and oxygen atoms in total. The number of amides is 1. The van der Waals surface area contributed by atoms with Crippen LogP contribution in [0.4, 0.5) is 0 Å². The van der Waals surface area contributed by atoms with Crippen molar-refractivity contribution in [2.75, 3.05) is 20.6 Å². The number of rotatable bonds is 3. The van der Waals surface area contributed by atoms with Crippen LogP contribution in [-0.2, 0) is 16.6 Å². The fraction of sp³-hybridized carbons (Fsp3) is 0.519. The molecule has 1 unspecified atom stereocenters. The van der Waals surface area contributed by atoms with Crippen molar-refractivity contribution in [3.05, 3.63) is 59.1 Å². The molecule has 1 saturated heterocycles. The van der Waals surface area contributed by atoms with Gasteiger partial charge in [0.15, 0.2) is 0 Å². The van der Waals surface area contributed by atoms with Gasteiger partial charge in [-0.3, -0.25) is 4.79 Å². The summed E-state index contributed by atoms with van der Waals surface area (Å²) in [6.07, 6.45) is 10.1. The number of hydrogen-bond donors (Lipinski definition) is 1. The first-order valence-electron chi connectivity index (χ1n) is 12.0. The summed E-state index contributed by atoms with van der Waals surface area (Å²) >= 11 is 0. The monoisotopic (exact) mass is 449 g/mol. The molecule has 2 aliphatic heterocycles. The third-order valence-corrected chi connectivity index (χ3v) is 9.53. The number of carbonyl (C=O) groups excluding carboxylic acids is 1. The largest absolute Gasteiger partial charge is 0.487 e. The van der Waals surface area contributed by atoms with Crippen molar-refractivity contribution in [3.8, 4) is 5.75 Å². The number of hydroxylamine groups is 3. The number of likely N-dealkylation sites (N-methyl/N-ethyl adjacent to an activating group) is 2. The van der Waals surface area contributed by atoms with Crippen LogP contribution >= 0.6 is 0 Å². The van der Waals surface area contributed by atoms with Crippen LogP contribution in [0.15, 0.2) is 41.2 Å². The molecule has 2 fully saturated rings. The molecule has 1 aromatic heterocycles. The van der Waals surface area contributed by atoms with Crippen LogP contribution in [0.3, 0.4) is 0 Å². The number of benzene rings is 1.